The van der Waals surface area contributed by atoms with Crippen molar-refractivity contribution in [2.45, 2.75) is 20.3 Å². The van der Waals surface area contributed by atoms with E-state index in [1.54, 1.807) is 18.2 Å². The summed E-state index contributed by atoms with van der Waals surface area (Å²) in [6, 6.07) is 11.4. The van der Waals surface area contributed by atoms with Gasteiger partial charge in [-0.25, -0.2) is 4.98 Å². The fourth-order valence-corrected chi connectivity index (χ4v) is 3.67. The van der Waals surface area contributed by atoms with Gasteiger partial charge in [-0.05, 0) is 43.2 Å². The molecule has 3 aromatic rings. The summed E-state index contributed by atoms with van der Waals surface area (Å²) in [6.45, 7) is 4.10. The summed E-state index contributed by atoms with van der Waals surface area (Å²) in [5, 5.41) is 6.39. The topological polar surface area (TPSA) is 42.0 Å². The molecule has 0 radical (unpaired) electrons. The van der Waals surface area contributed by atoms with Crippen LogP contribution in [0.5, 0.6) is 0 Å². The summed E-state index contributed by atoms with van der Waals surface area (Å²) in [7, 11) is 0. The van der Waals surface area contributed by atoms with Crippen LogP contribution in [-0.2, 0) is 11.2 Å². The quantitative estimate of drug-likeness (QED) is 0.600. The lowest BCUT2D eigenvalue weighted by atomic mass is 10.0. The highest BCUT2D eigenvalue weighted by atomic mass is 35.5. The first-order valence-corrected chi connectivity index (χ1v) is 9.33. The highest BCUT2D eigenvalue weighted by molar-refractivity contribution is 7.14. The zero-order valence-electron chi connectivity index (χ0n) is 13.8. The van der Waals surface area contributed by atoms with Crippen LogP contribution in [0.15, 0.2) is 41.8 Å². The van der Waals surface area contributed by atoms with Gasteiger partial charge in [0.1, 0.15) is 0 Å². The van der Waals surface area contributed by atoms with E-state index in [4.69, 9.17) is 23.2 Å². The summed E-state index contributed by atoms with van der Waals surface area (Å²) in [5.74, 6) is -0.161. The molecule has 0 saturated heterocycles. The number of carbonyl (C=O) groups excluding carboxylic acids is 1. The van der Waals surface area contributed by atoms with E-state index in [9.17, 15) is 4.79 Å². The summed E-state index contributed by atoms with van der Waals surface area (Å²) in [5.41, 5.74) is 5.01. The van der Waals surface area contributed by atoms with Crippen LogP contribution in [0.25, 0.3) is 11.3 Å². The Bertz CT molecular complexity index is 937. The Balaban J connectivity index is 1.72. The fourth-order valence-electron chi connectivity index (χ4n) is 2.47. The van der Waals surface area contributed by atoms with Crippen molar-refractivity contribution in [2.24, 2.45) is 0 Å². The van der Waals surface area contributed by atoms with Gasteiger partial charge in [-0.15, -0.1) is 11.3 Å². The van der Waals surface area contributed by atoms with Crippen LogP contribution in [-0.4, -0.2) is 10.9 Å². The van der Waals surface area contributed by atoms with Crippen LogP contribution < -0.4 is 5.32 Å². The highest BCUT2D eigenvalue weighted by Gasteiger charge is 2.12. The second kappa shape index (κ2) is 7.56. The molecule has 1 heterocycles. The predicted molar refractivity (Wildman–Crippen MR) is 106 cm³/mol. The Morgan fingerprint density at radius 3 is 2.72 bits per heavy atom. The summed E-state index contributed by atoms with van der Waals surface area (Å²) in [4.78, 5) is 16.8. The second-order valence-corrected chi connectivity index (χ2v) is 7.52. The number of hydrogen-bond acceptors (Lipinski definition) is 3. The molecule has 0 unspecified atom stereocenters. The fraction of sp³-hybridized carbons (Fsp3) is 0.158. The van der Waals surface area contributed by atoms with E-state index >= 15 is 0 Å². The van der Waals surface area contributed by atoms with E-state index in [0.29, 0.717) is 15.2 Å². The molecule has 0 spiro atoms. The average molecular weight is 391 g/mol. The maximum Gasteiger partial charge on any atom is 0.230 e. The van der Waals surface area contributed by atoms with Crippen LogP contribution in [0, 0.1) is 13.8 Å². The first kappa shape index (κ1) is 17.9. The van der Waals surface area contributed by atoms with Gasteiger partial charge in [0.15, 0.2) is 5.13 Å². The van der Waals surface area contributed by atoms with Crippen molar-refractivity contribution < 1.29 is 4.79 Å². The Morgan fingerprint density at radius 2 is 1.96 bits per heavy atom. The highest BCUT2D eigenvalue weighted by Crippen LogP contribution is 2.28. The molecule has 1 N–H and O–H groups in total. The number of hydrogen-bond donors (Lipinski definition) is 1. The minimum absolute atomic E-state index is 0.161. The van der Waals surface area contributed by atoms with Gasteiger partial charge in [0, 0.05) is 21.0 Å². The molecule has 0 aliphatic rings. The van der Waals surface area contributed by atoms with Crippen molar-refractivity contribution in [3.05, 3.63) is 68.5 Å². The van der Waals surface area contributed by atoms with Crippen LogP contribution in [0.3, 0.4) is 0 Å². The van der Waals surface area contributed by atoms with E-state index in [0.717, 1.165) is 22.4 Å². The summed E-state index contributed by atoms with van der Waals surface area (Å²) >= 11 is 13.4. The number of thiazole rings is 1. The van der Waals surface area contributed by atoms with Crippen LogP contribution in [0.1, 0.15) is 16.7 Å². The monoisotopic (exact) mass is 390 g/mol. The Kier molecular flexibility index (Phi) is 5.42. The van der Waals surface area contributed by atoms with Crippen molar-refractivity contribution in [3.8, 4) is 11.3 Å². The minimum Gasteiger partial charge on any atom is -0.302 e. The van der Waals surface area contributed by atoms with Crippen LogP contribution >= 0.6 is 34.5 Å². The minimum atomic E-state index is -0.161. The van der Waals surface area contributed by atoms with Gasteiger partial charge >= 0.3 is 0 Å². The molecule has 0 fully saturated rings. The predicted octanol–water partition coefficient (Wildman–Crippen LogP) is 5.91. The molecule has 25 heavy (non-hydrogen) atoms. The van der Waals surface area contributed by atoms with Gasteiger partial charge < -0.3 is 5.32 Å². The van der Waals surface area contributed by atoms with E-state index in [1.807, 2.05) is 12.3 Å². The average Bonchev–Trinajstić information content (AvgIpc) is 3.00. The molecule has 6 heteroatoms. The molecule has 0 atom stereocenters. The Hall–Kier alpha value is -1.88. The third-order valence-electron chi connectivity index (χ3n) is 3.79. The van der Waals surface area contributed by atoms with Crippen molar-refractivity contribution in [3.63, 3.8) is 0 Å². The number of aromatic nitrogens is 1. The number of carbonyl (C=O) groups is 1. The number of rotatable bonds is 4. The SMILES string of the molecule is Cc1ccc(C)c(-c2csc(NC(=O)Cc3ccc(Cl)cc3Cl)n2)c1. The Labute approximate surface area is 160 Å². The standard InChI is InChI=1S/C19H16Cl2N2OS/c1-11-3-4-12(2)15(7-11)17-10-25-19(22-17)23-18(24)8-13-5-6-14(20)9-16(13)21/h3-7,9-10H,8H2,1-2H3,(H,22,23,24). The normalized spacial score (nSPS) is 10.7. The largest absolute Gasteiger partial charge is 0.302 e. The zero-order valence-corrected chi connectivity index (χ0v) is 16.1. The van der Waals surface area contributed by atoms with Crippen molar-refractivity contribution >= 4 is 45.6 Å². The first-order chi connectivity index (χ1) is 11.9. The van der Waals surface area contributed by atoms with E-state index in [1.165, 1.54) is 16.9 Å². The molecule has 3 nitrogen and oxygen atoms in total. The number of halogens is 2. The third kappa shape index (κ3) is 4.40. The van der Waals surface area contributed by atoms with Crippen molar-refractivity contribution in [2.75, 3.05) is 5.32 Å². The number of amides is 1. The molecule has 128 valence electrons. The molecule has 1 aromatic heterocycles. The molecule has 1 amide bonds. The molecule has 0 aliphatic heterocycles. The number of anilines is 1. The van der Waals surface area contributed by atoms with Gasteiger partial charge in [-0.3, -0.25) is 4.79 Å². The number of benzene rings is 2. The zero-order chi connectivity index (χ0) is 18.0. The number of aryl methyl sites for hydroxylation is 2. The molecule has 3 rings (SSSR count). The second-order valence-electron chi connectivity index (χ2n) is 5.82. The van der Waals surface area contributed by atoms with E-state index < -0.39 is 0 Å². The van der Waals surface area contributed by atoms with Crippen LogP contribution in [0.2, 0.25) is 10.0 Å². The molecule has 0 bridgehead atoms. The lowest BCUT2D eigenvalue weighted by Gasteiger charge is -2.05. The lowest BCUT2D eigenvalue weighted by Crippen LogP contribution is -2.14. The van der Waals surface area contributed by atoms with Gasteiger partial charge in [0.2, 0.25) is 5.91 Å². The molecule has 2 aromatic carbocycles. The van der Waals surface area contributed by atoms with Crippen molar-refractivity contribution in [1.29, 1.82) is 0 Å². The van der Waals surface area contributed by atoms with Gasteiger partial charge in [0.25, 0.3) is 0 Å². The number of nitrogens with one attached hydrogen (secondary N) is 1. The summed E-state index contributed by atoms with van der Waals surface area (Å²) < 4.78 is 0. The Morgan fingerprint density at radius 1 is 1.16 bits per heavy atom. The smallest absolute Gasteiger partial charge is 0.230 e. The summed E-state index contributed by atoms with van der Waals surface area (Å²) in [6.07, 6.45) is 0.175. The van der Waals surface area contributed by atoms with E-state index in [-0.39, 0.29) is 12.3 Å². The van der Waals surface area contributed by atoms with Gasteiger partial charge in [-0.1, -0.05) is 47.0 Å². The molecule has 0 aliphatic carbocycles. The first-order valence-electron chi connectivity index (χ1n) is 7.69. The van der Waals surface area contributed by atoms with E-state index in [2.05, 4.69) is 35.4 Å². The molecular weight excluding hydrogens is 375 g/mol. The van der Waals surface area contributed by atoms with Gasteiger partial charge in [-0.2, -0.15) is 0 Å². The number of nitrogens with zero attached hydrogens (tertiary/aromatic N) is 1. The maximum absolute atomic E-state index is 12.2. The van der Waals surface area contributed by atoms with Gasteiger partial charge in [0.05, 0.1) is 12.1 Å². The van der Waals surface area contributed by atoms with Crippen LogP contribution in [0.4, 0.5) is 5.13 Å². The molecule has 0 saturated carbocycles. The third-order valence-corrected chi connectivity index (χ3v) is 5.13. The molecular formula is C19H16Cl2N2OS. The van der Waals surface area contributed by atoms with Crippen molar-refractivity contribution in [1.82, 2.24) is 4.98 Å². The maximum atomic E-state index is 12.2. The lowest BCUT2D eigenvalue weighted by molar-refractivity contribution is -0.115.